The number of hydrogen-bond donors (Lipinski definition) is 0. The Hall–Kier alpha value is 0.147. The third-order valence-electron chi connectivity index (χ3n) is 3.89. The van der Waals surface area contributed by atoms with E-state index in [9.17, 15) is 0 Å². The predicted octanol–water partition coefficient (Wildman–Crippen LogP) is 6.72. The van der Waals surface area contributed by atoms with E-state index in [1.807, 2.05) is 0 Å². The maximum atomic E-state index is 2.47. The molecule has 0 nitrogen and oxygen atoms in total. The summed E-state index contributed by atoms with van der Waals surface area (Å²) in [6.07, 6.45) is 19.2. The second kappa shape index (κ2) is 18.1. The zero-order valence-electron chi connectivity index (χ0n) is 13.9. The van der Waals surface area contributed by atoms with E-state index in [2.05, 4.69) is 20.0 Å². The summed E-state index contributed by atoms with van der Waals surface area (Å²) in [4.78, 5) is 0. The Bertz CT molecular complexity index is 148. The van der Waals surface area contributed by atoms with Gasteiger partial charge in [0.15, 0.2) is 0 Å². The van der Waals surface area contributed by atoms with Gasteiger partial charge in [-0.2, -0.15) is 0 Å². The van der Waals surface area contributed by atoms with Gasteiger partial charge < -0.3 is 0 Å². The van der Waals surface area contributed by atoms with Crippen molar-refractivity contribution in [2.45, 2.75) is 110 Å². The topological polar surface area (TPSA) is 0 Å². The normalized spacial score (nSPS) is 10.7. The van der Waals surface area contributed by atoms with Gasteiger partial charge in [0.25, 0.3) is 0 Å². The van der Waals surface area contributed by atoms with Crippen LogP contribution in [-0.2, 0) is 0 Å². The first-order valence-corrected chi connectivity index (χ1v) is 11.9. The highest BCUT2D eigenvalue weighted by atomic mass is 28.3. The molecule has 0 aliphatic rings. The number of halogens is 1. The molecule has 0 N–H and O–H groups in total. The van der Waals surface area contributed by atoms with E-state index in [0.29, 0.717) is 0 Å². The highest BCUT2D eigenvalue weighted by molar-refractivity contribution is 6.55. The van der Waals surface area contributed by atoms with Gasteiger partial charge in [-0.25, -0.2) is 0 Å². The summed E-state index contributed by atoms with van der Waals surface area (Å²) < 4.78 is 0. The maximum Gasteiger partial charge on any atom is 0.0305 e. The van der Waals surface area contributed by atoms with Crippen LogP contribution in [0.3, 0.4) is 0 Å². The molecule has 0 bridgehead atoms. The first-order valence-electron chi connectivity index (χ1n) is 8.77. The molecule has 0 rings (SSSR count). The lowest BCUT2D eigenvalue weighted by atomic mass is 10.1. The van der Waals surface area contributed by atoms with Crippen LogP contribution in [0, 0.1) is 0 Å². The van der Waals surface area contributed by atoms with Gasteiger partial charge in [-0.15, -0.1) is 0 Å². The smallest absolute Gasteiger partial charge is 0.0305 e. The molecule has 0 amide bonds. The zero-order valence-corrected chi connectivity index (χ0v) is 15.0. The van der Waals surface area contributed by atoms with Crippen molar-refractivity contribution in [3.8, 4) is 0 Å². The molecule has 118 valence electrons. The van der Waals surface area contributed by atoms with Gasteiger partial charge in [-0.05, 0) is 0 Å². The van der Waals surface area contributed by atoms with Crippen LogP contribution < -0.4 is 0 Å². The number of rotatable bonds is 14. The van der Waals surface area contributed by atoms with Crippen molar-refractivity contribution in [2.75, 3.05) is 0 Å². The van der Waals surface area contributed by atoms with Crippen LogP contribution in [0.15, 0.2) is 0 Å². The first-order chi connectivity index (χ1) is 8.77. The molecule has 0 unspecified atom stereocenters. The van der Waals surface area contributed by atoms with E-state index in [1.54, 1.807) is 6.04 Å². The van der Waals surface area contributed by atoms with Crippen molar-refractivity contribution >= 4 is 8.80 Å². The molecule has 0 aromatic heterocycles. The summed E-state index contributed by atoms with van der Waals surface area (Å²) in [5.41, 5.74) is 0. The van der Waals surface area contributed by atoms with Crippen LogP contribution in [0.5, 0.6) is 0 Å². The first kappa shape index (κ1) is 21.4. The Morgan fingerprint density at radius 1 is 0.526 bits per heavy atom. The van der Waals surface area contributed by atoms with Crippen LogP contribution in [-0.4, -0.2) is 8.80 Å². The third-order valence-corrected chi connectivity index (χ3v) is 5.45. The fourth-order valence-electron chi connectivity index (χ4n) is 2.57. The fraction of sp³-hybridized carbons (Fsp3) is 1.00. The fourth-order valence-corrected chi connectivity index (χ4v) is 3.68. The Balaban J connectivity index is 0. The lowest BCUT2D eigenvalue weighted by molar-refractivity contribution is 0.542. The number of hydrogen-bond acceptors (Lipinski definition) is 0. The maximum absolute atomic E-state index is 2.47. The van der Waals surface area contributed by atoms with E-state index >= 15 is 0 Å². The molecule has 0 aromatic rings. The molecular formula is C17H39FSi. The minimum absolute atomic E-state index is 0. The van der Waals surface area contributed by atoms with Crippen molar-refractivity contribution in [3.63, 3.8) is 0 Å². The third kappa shape index (κ3) is 20.6. The summed E-state index contributed by atoms with van der Waals surface area (Å²) in [7, 11) is -0.257. The van der Waals surface area contributed by atoms with Gasteiger partial charge in [-0.3, -0.25) is 4.70 Å². The second-order valence-electron chi connectivity index (χ2n) is 6.43. The van der Waals surface area contributed by atoms with Crippen LogP contribution >= 0.6 is 0 Å². The molecule has 0 saturated carbocycles. The Kier molecular flexibility index (Phi) is 20.5. The minimum atomic E-state index is -0.257. The summed E-state index contributed by atoms with van der Waals surface area (Å²) in [5.74, 6) is 0. The summed E-state index contributed by atoms with van der Waals surface area (Å²) in [5, 5.41) is 0. The standard InChI is InChI=1S/C17H38Si.FH/c1-4-5-6-7-8-9-10-11-12-13-14-15-16-17-18(2)3;/h18H,4-17H2,1-3H3;1H. The molecule has 0 spiro atoms. The van der Waals surface area contributed by atoms with E-state index in [0.717, 1.165) is 0 Å². The SMILES string of the molecule is CCCCCCCCCCCCCCC[SiH](C)C.F. The van der Waals surface area contributed by atoms with E-state index < -0.39 is 0 Å². The van der Waals surface area contributed by atoms with Crippen molar-refractivity contribution in [2.24, 2.45) is 0 Å². The van der Waals surface area contributed by atoms with Crippen molar-refractivity contribution in [1.29, 1.82) is 0 Å². The predicted molar refractivity (Wildman–Crippen MR) is 91.9 cm³/mol. The van der Waals surface area contributed by atoms with Crippen molar-refractivity contribution in [3.05, 3.63) is 0 Å². The Morgan fingerprint density at radius 2 is 0.842 bits per heavy atom. The van der Waals surface area contributed by atoms with Gasteiger partial charge in [0.05, 0.1) is 0 Å². The van der Waals surface area contributed by atoms with Gasteiger partial charge in [0.1, 0.15) is 0 Å². The lowest BCUT2D eigenvalue weighted by Gasteiger charge is -2.04. The average molecular weight is 291 g/mol. The average Bonchev–Trinajstić information content (AvgIpc) is 2.34. The molecule has 0 fully saturated rings. The highest BCUT2D eigenvalue weighted by Gasteiger charge is 1.96. The van der Waals surface area contributed by atoms with Gasteiger partial charge >= 0.3 is 0 Å². The molecule has 0 atom stereocenters. The summed E-state index contributed by atoms with van der Waals surface area (Å²) >= 11 is 0. The van der Waals surface area contributed by atoms with Crippen LogP contribution in [0.1, 0.15) is 90.4 Å². The monoisotopic (exact) mass is 290 g/mol. The largest absolute Gasteiger partial charge is 0.269 e. The molecule has 0 radical (unpaired) electrons. The quantitative estimate of drug-likeness (QED) is 0.246. The van der Waals surface area contributed by atoms with Gasteiger partial charge in [-0.1, -0.05) is 110 Å². The van der Waals surface area contributed by atoms with E-state index in [-0.39, 0.29) is 13.5 Å². The number of unbranched alkanes of at least 4 members (excludes halogenated alkanes) is 12. The highest BCUT2D eigenvalue weighted by Crippen LogP contribution is 2.13. The molecule has 0 aliphatic carbocycles. The molecule has 0 aromatic carbocycles. The van der Waals surface area contributed by atoms with Crippen LogP contribution in [0.25, 0.3) is 0 Å². The molecule has 0 saturated heterocycles. The molecule has 0 heterocycles. The molecule has 2 heteroatoms. The van der Waals surface area contributed by atoms with Crippen molar-refractivity contribution in [1.82, 2.24) is 0 Å². The van der Waals surface area contributed by atoms with Gasteiger partial charge in [0, 0.05) is 8.80 Å². The molecular weight excluding hydrogens is 251 g/mol. The Morgan fingerprint density at radius 3 is 1.16 bits per heavy atom. The van der Waals surface area contributed by atoms with Crippen LogP contribution in [0.4, 0.5) is 4.70 Å². The lowest BCUT2D eigenvalue weighted by Crippen LogP contribution is -1.97. The summed E-state index contributed by atoms with van der Waals surface area (Å²) in [6.45, 7) is 7.24. The molecule has 0 aliphatic heterocycles. The van der Waals surface area contributed by atoms with E-state index in [4.69, 9.17) is 0 Å². The van der Waals surface area contributed by atoms with Crippen molar-refractivity contribution < 1.29 is 4.70 Å². The summed E-state index contributed by atoms with van der Waals surface area (Å²) in [6, 6.07) is 1.57. The second-order valence-corrected chi connectivity index (χ2v) is 9.79. The zero-order chi connectivity index (χ0) is 13.5. The van der Waals surface area contributed by atoms with E-state index in [1.165, 1.54) is 83.5 Å². The Labute approximate surface area is 123 Å². The van der Waals surface area contributed by atoms with Gasteiger partial charge in [0.2, 0.25) is 0 Å². The van der Waals surface area contributed by atoms with Crippen LogP contribution in [0.2, 0.25) is 19.1 Å². The minimum Gasteiger partial charge on any atom is -0.269 e. The molecule has 19 heavy (non-hydrogen) atoms.